The van der Waals surface area contributed by atoms with E-state index in [9.17, 15) is 19.1 Å². The van der Waals surface area contributed by atoms with Crippen molar-refractivity contribution in [2.75, 3.05) is 18.0 Å². The largest absolute Gasteiger partial charge is 0.505 e. The van der Waals surface area contributed by atoms with Crippen molar-refractivity contribution in [3.8, 4) is 5.75 Å². The molecule has 1 aliphatic rings. The highest BCUT2D eigenvalue weighted by Crippen LogP contribution is 2.24. The van der Waals surface area contributed by atoms with Crippen LogP contribution in [0.4, 0.5) is 14.9 Å². The molecular weight excluding hydrogens is 337 g/mol. The highest BCUT2D eigenvalue weighted by atomic mass is 19.1. The first-order chi connectivity index (χ1) is 12.4. The van der Waals surface area contributed by atoms with Gasteiger partial charge in [0.05, 0.1) is 6.04 Å². The molecule has 0 aromatic heterocycles. The molecule has 1 fully saturated rings. The highest BCUT2D eigenvalue weighted by Gasteiger charge is 2.23. The smallest absolute Gasteiger partial charge is 0.322 e. The van der Waals surface area contributed by atoms with Crippen molar-refractivity contribution in [2.24, 2.45) is 0 Å². The predicted octanol–water partition coefficient (Wildman–Crippen LogP) is 2.86. The van der Waals surface area contributed by atoms with Crippen molar-refractivity contribution in [3.05, 3.63) is 58.9 Å². The Kier molecular flexibility index (Phi) is 4.79. The van der Waals surface area contributed by atoms with Gasteiger partial charge >= 0.3 is 6.03 Å². The van der Waals surface area contributed by atoms with Gasteiger partial charge in [-0.2, -0.15) is 0 Å². The van der Waals surface area contributed by atoms with Crippen LogP contribution in [0.3, 0.4) is 0 Å². The number of anilines is 1. The summed E-state index contributed by atoms with van der Waals surface area (Å²) in [6.45, 7) is 4.73. The Hall–Kier alpha value is -3.09. The first-order valence-electron chi connectivity index (χ1n) is 8.32. The molecule has 0 bridgehead atoms. The maximum Gasteiger partial charge on any atom is 0.322 e. The molecule has 1 atom stereocenters. The number of nitrogens with zero attached hydrogens (tertiary/aromatic N) is 1. The first-order valence-corrected chi connectivity index (χ1v) is 8.32. The van der Waals surface area contributed by atoms with Crippen LogP contribution in [0.25, 0.3) is 0 Å². The van der Waals surface area contributed by atoms with Gasteiger partial charge in [-0.05, 0) is 49.2 Å². The van der Waals surface area contributed by atoms with E-state index < -0.39 is 17.6 Å². The summed E-state index contributed by atoms with van der Waals surface area (Å²) < 4.78 is 13.5. The number of nitrogens with one attached hydrogen (secondary N) is 2. The van der Waals surface area contributed by atoms with Crippen LogP contribution in [0.15, 0.2) is 36.4 Å². The Morgan fingerprint density at radius 1 is 1.31 bits per heavy atom. The Morgan fingerprint density at radius 2 is 2.08 bits per heavy atom. The lowest BCUT2D eigenvalue weighted by Crippen LogP contribution is -2.30. The van der Waals surface area contributed by atoms with Crippen LogP contribution < -0.4 is 15.5 Å². The number of amides is 3. The van der Waals surface area contributed by atoms with Gasteiger partial charge < -0.3 is 15.7 Å². The van der Waals surface area contributed by atoms with Crippen LogP contribution in [-0.2, 0) is 0 Å². The topological polar surface area (TPSA) is 81.7 Å². The fourth-order valence-electron chi connectivity index (χ4n) is 2.90. The second kappa shape index (κ2) is 7.03. The van der Waals surface area contributed by atoms with Crippen molar-refractivity contribution in [1.29, 1.82) is 0 Å². The molecule has 3 rings (SSSR count). The van der Waals surface area contributed by atoms with E-state index in [4.69, 9.17) is 0 Å². The van der Waals surface area contributed by atoms with Crippen molar-refractivity contribution in [1.82, 2.24) is 10.6 Å². The monoisotopic (exact) mass is 357 g/mol. The number of urea groups is 1. The molecule has 1 aliphatic heterocycles. The van der Waals surface area contributed by atoms with Crippen LogP contribution in [0, 0.1) is 12.7 Å². The zero-order chi connectivity index (χ0) is 18.8. The standard InChI is InChI=1S/C19H20FN3O3/c1-11-3-4-14(10-16(11)23-8-7-21-19(23)26)18(25)22-12(2)13-5-6-17(24)15(20)9-13/h3-6,9-10,12,24H,7-8H2,1-2H3,(H,21,26)(H,22,25)/t12-/m0/s1. The molecule has 3 N–H and O–H groups in total. The van der Waals surface area contributed by atoms with Gasteiger partial charge in [-0.25, -0.2) is 9.18 Å². The molecule has 0 spiro atoms. The zero-order valence-electron chi connectivity index (χ0n) is 14.5. The second-order valence-electron chi connectivity index (χ2n) is 6.29. The summed E-state index contributed by atoms with van der Waals surface area (Å²) in [5.41, 5.74) is 2.54. The number of phenolic OH excluding ortho intramolecular Hbond substituents is 1. The van der Waals surface area contributed by atoms with Crippen LogP contribution in [-0.4, -0.2) is 30.1 Å². The summed E-state index contributed by atoms with van der Waals surface area (Å²) in [5.74, 6) is -1.49. The SMILES string of the molecule is Cc1ccc(C(=O)N[C@@H](C)c2ccc(O)c(F)c2)cc1N1CCNC1=O. The van der Waals surface area contributed by atoms with E-state index in [1.54, 1.807) is 36.1 Å². The minimum Gasteiger partial charge on any atom is -0.505 e. The molecule has 0 saturated carbocycles. The van der Waals surface area contributed by atoms with E-state index in [1.165, 1.54) is 12.1 Å². The van der Waals surface area contributed by atoms with Crippen molar-refractivity contribution in [2.45, 2.75) is 19.9 Å². The van der Waals surface area contributed by atoms with Gasteiger partial charge in [0.15, 0.2) is 11.6 Å². The third kappa shape index (κ3) is 3.46. The lowest BCUT2D eigenvalue weighted by molar-refractivity contribution is 0.0939. The van der Waals surface area contributed by atoms with Crippen LogP contribution in [0.2, 0.25) is 0 Å². The van der Waals surface area contributed by atoms with Crippen molar-refractivity contribution in [3.63, 3.8) is 0 Å². The molecular formula is C19H20FN3O3. The number of rotatable bonds is 4. The summed E-state index contributed by atoms with van der Waals surface area (Å²) in [5, 5.41) is 14.8. The molecule has 136 valence electrons. The number of hydrogen-bond acceptors (Lipinski definition) is 3. The van der Waals surface area contributed by atoms with Gasteiger partial charge in [0.2, 0.25) is 0 Å². The van der Waals surface area contributed by atoms with E-state index >= 15 is 0 Å². The normalized spacial score (nSPS) is 14.9. The van der Waals surface area contributed by atoms with Gasteiger partial charge in [0.1, 0.15) is 0 Å². The number of hydrogen-bond donors (Lipinski definition) is 3. The van der Waals surface area contributed by atoms with Crippen molar-refractivity contribution >= 4 is 17.6 Å². The lowest BCUT2D eigenvalue weighted by Gasteiger charge is -2.19. The third-order valence-corrected chi connectivity index (χ3v) is 4.44. The number of carbonyl (C=O) groups is 2. The number of halogens is 1. The molecule has 26 heavy (non-hydrogen) atoms. The number of benzene rings is 2. The summed E-state index contributed by atoms with van der Waals surface area (Å²) >= 11 is 0. The number of carbonyl (C=O) groups excluding carboxylic acids is 2. The van der Waals surface area contributed by atoms with Crippen LogP contribution in [0.1, 0.15) is 34.5 Å². The predicted molar refractivity (Wildman–Crippen MR) is 95.9 cm³/mol. The van der Waals surface area contributed by atoms with E-state index in [0.717, 1.165) is 5.56 Å². The molecule has 7 heteroatoms. The van der Waals surface area contributed by atoms with E-state index in [2.05, 4.69) is 10.6 Å². The lowest BCUT2D eigenvalue weighted by atomic mass is 10.1. The van der Waals surface area contributed by atoms with Crippen LogP contribution in [0.5, 0.6) is 5.75 Å². The molecule has 3 amide bonds. The van der Waals surface area contributed by atoms with Gasteiger partial charge in [-0.1, -0.05) is 12.1 Å². The quantitative estimate of drug-likeness (QED) is 0.787. The van der Waals surface area contributed by atoms with E-state index in [1.807, 2.05) is 6.92 Å². The van der Waals surface area contributed by atoms with Crippen molar-refractivity contribution < 1.29 is 19.1 Å². The van der Waals surface area contributed by atoms with Gasteiger partial charge in [-0.3, -0.25) is 9.69 Å². The Bertz CT molecular complexity index is 869. The Labute approximate surface area is 150 Å². The second-order valence-corrected chi connectivity index (χ2v) is 6.29. The molecule has 1 heterocycles. The Balaban J connectivity index is 1.79. The molecule has 2 aromatic carbocycles. The molecule has 0 unspecified atom stereocenters. The minimum atomic E-state index is -0.735. The number of aryl methyl sites for hydroxylation is 1. The van der Waals surface area contributed by atoms with Gasteiger partial charge in [-0.15, -0.1) is 0 Å². The average molecular weight is 357 g/mol. The summed E-state index contributed by atoms with van der Waals surface area (Å²) in [7, 11) is 0. The minimum absolute atomic E-state index is 0.182. The Morgan fingerprint density at radius 3 is 2.73 bits per heavy atom. The molecule has 2 aromatic rings. The first kappa shape index (κ1) is 17.7. The maximum atomic E-state index is 13.5. The maximum absolute atomic E-state index is 13.5. The fourth-order valence-corrected chi connectivity index (χ4v) is 2.90. The molecule has 6 nitrogen and oxygen atoms in total. The number of aromatic hydroxyl groups is 1. The zero-order valence-corrected chi connectivity index (χ0v) is 14.5. The van der Waals surface area contributed by atoms with E-state index in [0.29, 0.717) is 29.9 Å². The summed E-state index contributed by atoms with van der Waals surface area (Å²) in [6, 6.07) is 8.53. The summed E-state index contributed by atoms with van der Waals surface area (Å²) in [4.78, 5) is 26.1. The molecule has 0 aliphatic carbocycles. The summed E-state index contributed by atoms with van der Waals surface area (Å²) in [6.07, 6.45) is 0. The highest BCUT2D eigenvalue weighted by molar-refractivity contribution is 5.99. The van der Waals surface area contributed by atoms with Gasteiger partial charge in [0.25, 0.3) is 5.91 Å². The number of phenols is 1. The molecule has 1 saturated heterocycles. The van der Waals surface area contributed by atoms with Gasteiger partial charge in [0, 0.05) is 24.3 Å². The molecule has 0 radical (unpaired) electrons. The fraction of sp³-hybridized carbons (Fsp3) is 0.263. The van der Waals surface area contributed by atoms with E-state index in [-0.39, 0.29) is 11.9 Å². The van der Waals surface area contributed by atoms with Crippen LogP contribution >= 0.6 is 0 Å². The average Bonchev–Trinajstić information content (AvgIpc) is 3.03. The third-order valence-electron chi connectivity index (χ3n) is 4.44.